The highest BCUT2D eigenvalue weighted by Crippen LogP contribution is 2.34. The largest absolute Gasteiger partial charge is 0.357 e. The average Bonchev–Trinajstić information content (AvgIpc) is 2.51. The number of benzene rings is 2. The van der Waals surface area contributed by atoms with E-state index in [1.165, 1.54) is 0 Å². The summed E-state index contributed by atoms with van der Waals surface area (Å²) in [6.45, 7) is 7.78. The van der Waals surface area contributed by atoms with Crippen LogP contribution in [0, 0.1) is 0 Å². The molecular formula is C18H16Br2O. The Balaban J connectivity index is 2.29. The maximum atomic E-state index is 6.19. The van der Waals surface area contributed by atoms with Gasteiger partial charge in [-0.1, -0.05) is 80.4 Å². The first-order valence-corrected chi connectivity index (χ1v) is 8.15. The molecule has 0 heterocycles. The van der Waals surface area contributed by atoms with E-state index in [1.54, 1.807) is 12.2 Å². The fraction of sp³-hybridized carbons (Fsp3) is 0.111. The Labute approximate surface area is 142 Å². The second-order valence-electron chi connectivity index (χ2n) is 4.49. The van der Waals surface area contributed by atoms with Crippen molar-refractivity contribution in [3.8, 4) is 0 Å². The van der Waals surface area contributed by atoms with E-state index < -0.39 is 0 Å². The van der Waals surface area contributed by atoms with Crippen molar-refractivity contribution in [3.63, 3.8) is 0 Å². The van der Waals surface area contributed by atoms with Crippen LogP contribution in [0.4, 0.5) is 0 Å². The molecule has 0 saturated carbocycles. The van der Waals surface area contributed by atoms with Crippen LogP contribution >= 0.6 is 31.9 Å². The molecular weight excluding hydrogens is 392 g/mol. The molecule has 0 radical (unpaired) electrons. The second kappa shape index (κ2) is 7.74. The molecule has 0 N–H and O–H groups in total. The molecule has 3 heteroatoms. The van der Waals surface area contributed by atoms with Crippen LogP contribution in [0.3, 0.4) is 0 Å². The zero-order valence-electron chi connectivity index (χ0n) is 11.5. The molecule has 0 aliphatic rings. The molecule has 2 aromatic carbocycles. The predicted molar refractivity (Wildman–Crippen MR) is 95.2 cm³/mol. The van der Waals surface area contributed by atoms with Crippen LogP contribution in [0.1, 0.15) is 23.3 Å². The first kappa shape index (κ1) is 16.2. The van der Waals surface area contributed by atoms with Gasteiger partial charge < -0.3 is 4.74 Å². The molecule has 21 heavy (non-hydrogen) atoms. The standard InChI is InChI=1S/C18H16Br2O/c1-3-17(13-9-5-7-11-15(13)19)21-18(4-2)14-10-6-8-12-16(14)20/h3-12,17-18H,1-2H2. The summed E-state index contributed by atoms with van der Waals surface area (Å²) in [4.78, 5) is 0. The Morgan fingerprint density at radius 2 is 1.14 bits per heavy atom. The molecule has 2 unspecified atom stereocenters. The SMILES string of the molecule is C=CC(OC(C=C)c1ccccc1Br)c1ccccc1Br. The van der Waals surface area contributed by atoms with Crippen LogP contribution in [0.5, 0.6) is 0 Å². The topological polar surface area (TPSA) is 9.23 Å². The van der Waals surface area contributed by atoms with E-state index in [4.69, 9.17) is 4.74 Å². The highest BCUT2D eigenvalue weighted by atomic mass is 79.9. The molecule has 0 saturated heterocycles. The smallest absolute Gasteiger partial charge is 0.103 e. The summed E-state index contributed by atoms with van der Waals surface area (Å²) >= 11 is 7.11. The van der Waals surface area contributed by atoms with Gasteiger partial charge in [0.1, 0.15) is 12.2 Å². The molecule has 108 valence electrons. The van der Waals surface area contributed by atoms with Crippen LogP contribution < -0.4 is 0 Å². The molecule has 0 bridgehead atoms. The van der Waals surface area contributed by atoms with E-state index in [2.05, 4.69) is 45.0 Å². The lowest BCUT2D eigenvalue weighted by atomic mass is 10.1. The van der Waals surface area contributed by atoms with Crippen molar-refractivity contribution in [1.82, 2.24) is 0 Å². The minimum Gasteiger partial charge on any atom is -0.357 e. The van der Waals surface area contributed by atoms with Crippen LogP contribution in [-0.2, 0) is 4.74 Å². The Bertz CT molecular complexity index is 581. The third-order valence-electron chi connectivity index (χ3n) is 3.14. The first-order chi connectivity index (χ1) is 10.2. The van der Waals surface area contributed by atoms with Crippen molar-refractivity contribution in [2.45, 2.75) is 12.2 Å². The summed E-state index contributed by atoms with van der Waals surface area (Å²) in [7, 11) is 0. The lowest BCUT2D eigenvalue weighted by Gasteiger charge is -2.22. The van der Waals surface area contributed by atoms with Crippen molar-refractivity contribution in [2.75, 3.05) is 0 Å². The zero-order chi connectivity index (χ0) is 15.2. The van der Waals surface area contributed by atoms with Gasteiger partial charge in [-0.15, -0.1) is 13.2 Å². The quantitative estimate of drug-likeness (QED) is 0.504. The van der Waals surface area contributed by atoms with Gasteiger partial charge in [-0.05, 0) is 23.3 Å². The summed E-state index contributed by atoms with van der Waals surface area (Å²) in [5, 5.41) is 0. The molecule has 2 atom stereocenters. The van der Waals surface area contributed by atoms with Gasteiger partial charge in [-0.2, -0.15) is 0 Å². The predicted octanol–water partition coefficient (Wildman–Crippen LogP) is 6.38. The fourth-order valence-electron chi connectivity index (χ4n) is 2.08. The van der Waals surface area contributed by atoms with Gasteiger partial charge in [0.2, 0.25) is 0 Å². The fourth-order valence-corrected chi connectivity index (χ4v) is 3.10. The molecule has 0 aliphatic carbocycles. The molecule has 2 rings (SSSR count). The minimum absolute atomic E-state index is 0.212. The monoisotopic (exact) mass is 406 g/mol. The van der Waals surface area contributed by atoms with E-state index >= 15 is 0 Å². The third-order valence-corrected chi connectivity index (χ3v) is 4.59. The highest BCUT2D eigenvalue weighted by Gasteiger charge is 2.18. The summed E-state index contributed by atoms with van der Waals surface area (Å²) in [5.41, 5.74) is 2.10. The van der Waals surface area contributed by atoms with E-state index in [-0.39, 0.29) is 12.2 Å². The maximum absolute atomic E-state index is 6.19. The van der Waals surface area contributed by atoms with Crippen molar-refractivity contribution >= 4 is 31.9 Å². The van der Waals surface area contributed by atoms with Gasteiger partial charge in [0.15, 0.2) is 0 Å². The number of halogens is 2. The maximum Gasteiger partial charge on any atom is 0.103 e. The van der Waals surface area contributed by atoms with E-state index in [0.29, 0.717) is 0 Å². The Morgan fingerprint density at radius 3 is 1.48 bits per heavy atom. The van der Waals surface area contributed by atoms with Crippen molar-refractivity contribution in [3.05, 3.63) is 93.9 Å². The molecule has 0 fully saturated rings. The van der Waals surface area contributed by atoms with Gasteiger partial charge in [0.05, 0.1) is 0 Å². The van der Waals surface area contributed by atoms with Crippen molar-refractivity contribution in [2.24, 2.45) is 0 Å². The Morgan fingerprint density at radius 1 is 0.762 bits per heavy atom. The highest BCUT2D eigenvalue weighted by molar-refractivity contribution is 9.10. The lowest BCUT2D eigenvalue weighted by molar-refractivity contribution is 0.0395. The zero-order valence-corrected chi connectivity index (χ0v) is 14.7. The second-order valence-corrected chi connectivity index (χ2v) is 6.20. The lowest BCUT2D eigenvalue weighted by Crippen LogP contribution is -2.08. The van der Waals surface area contributed by atoms with Crippen LogP contribution in [0.15, 0.2) is 82.8 Å². The Hall–Kier alpha value is -1.16. The van der Waals surface area contributed by atoms with E-state index in [1.807, 2.05) is 48.5 Å². The minimum atomic E-state index is -0.212. The van der Waals surface area contributed by atoms with Gasteiger partial charge in [-0.3, -0.25) is 0 Å². The van der Waals surface area contributed by atoms with Gasteiger partial charge in [0.25, 0.3) is 0 Å². The number of rotatable bonds is 6. The van der Waals surface area contributed by atoms with Crippen LogP contribution in [-0.4, -0.2) is 0 Å². The molecule has 2 aromatic rings. The number of hydrogen-bond acceptors (Lipinski definition) is 1. The summed E-state index contributed by atoms with van der Waals surface area (Å²) in [6.07, 6.45) is 3.17. The summed E-state index contributed by atoms with van der Waals surface area (Å²) < 4.78 is 8.20. The average molecular weight is 408 g/mol. The molecule has 0 spiro atoms. The van der Waals surface area contributed by atoms with Gasteiger partial charge in [-0.25, -0.2) is 0 Å². The number of ether oxygens (including phenoxy) is 1. The molecule has 1 nitrogen and oxygen atoms in total. The normalized spacial score (nSPS) is 13.4. The molecule has 0 aliphatic heterocycles. The summed E-state index contributed by atoms with van der Waals surface area (Å²) in [6, 6.07) is 16.0. The molecule has 0 aromatic heterocycles. The summed E-state index contributed by atoms with van der Waals surface area (Å²) in [5.74, 6) is 0. The Kier molecular flexibility index (Phi) is 5.97. The van der Waals surface area contributed by atoms with E-state index in [9.17, 15) is 0 Å². The van der Waals surface area contributed by atoms with Crippen LogP contribution in [0.2, 0.25) is 0 Å². The first-order valence-electron chi connectivity index (χ1n) is 6.56. The van der Waals surface area contributed by atoms with Gasteiger partial charge >= 0.3 is 0 Å². The van der Waals surface area contributed by atoms with Crippen molar-refractivity contribution in [1.29, 1.82) is 0 Å². The number of hydrogen-bond donors (Lipinski definition) is 0. The van der Waals surface area contributed by atoms with E-state index in [0.717, 1.165) is 20.1 Å². The van der Waals surface area contributed by atoms with Crippen LogP contribution in [0.25, 0.3) is 0 Å². The third kappa shape index (κ3) is 3.94. The van der Waals surface area contributed by atoms with Crippen molar-refractivity contribution < 1.29 is 4.74 Å². The molecule has 0 amide bonds. The van der Waals surface area contributed by atoms with Gasteiger partial charge in [0, 0.05) is 8.95 Å².